The van der Waals surface area contributed by atoms with Crippen molar-refractivity contribution in [2.75, 3.05) is 20.2 Å². The van der Waals surface area contributed by atoms with Gasteiger partial charge in [-0.25, -0.2) is 9.18 Å². The zero-order chi connectivity index (χ0) is 17.0. The van der Waals surface area contributed by atoms with Gasteiger partial charge in [0.15, 0.2) is 0 Å². The lowest BCUT2D eigenvalue weighted by molar-refractivity contribution is -0.143. The number of ether oxygens (including phenoxy) is 1. The molecule has 126 valence electrons. The topological polar surface area (TPSA) is 78.9 Å². The molecule has 1 aliphatic rings. The minimum Gasteiger partial charge on any atom is -0.496 e. The number of carbonyl (C=O) groups excluding carboxylic acids is 1. The Balaban J connectivity index is 2.05. The Hall–Kier alpha value is -2.31. The molecule has 2 rings (SSSR count). The van der Waals surface area contributed by atoms with Gasteiger partial charge in [0.25, 0.3) is 0 Å². The maximum atomic E-state index is 13.4. The van der Waals surface area contributed by atoms with Crippen molar-refractivity contribution in [1.29, 1.82) is 0 Å². The van der Waals surface area contributed by atoms with E-state index in [0.717, 1.165) is 0 Å². The van der Waals surface area contributed by atoms with Gasteiger partial charge in [-0.05, 0) is 38.0 Å². The van der Waals surface area contributed by atoms with Crippen LogP contribution in [-0.4, -0.2) is 42.2 Å². The summed E-state index contributed by atoms with van der Waals surface area (Å²) in [7, 11) is 1.48. The molecule has 1 aromatic rings. The molecule has 0 aliphatic carbocycles. The number of halogens is 1. The standard InChI is InChI=1S/C16H21FN2O4/c1-10(13-8-12(17)5-6-14(13)23-2)18-16(22)19-7-3-4-11(9-19)15(20)21/h5-6,8,10-11H,3-4,7,9H2,1-2H3,(H,18,22)(H,20,21). The molecule has 2 atom stereocenters. The third kappa shape index (κ3) is 4.12. The van der Waals surface area contributed by atoms with Gasteiger partial charge in [-0.1, -0.05) is 0 Å². The van der Waals surface area contributed by atoms with Crippen LogP contribution in [-0.2, 0) is 4.79 Å². The van der Waals surface area contributed by atoms with Crippen LogP contribution in [0.25, 0.3) is 0 Å². The third-order valence-corrected chi connectivity index (χ3v) is 4.06. The van der Waals surface area contributed by atoms with E-state index < -0.39 is 23.7 Å². The van der Waals surface area contributed by atoms with Crippen molar-refractivity contribution < 1.29 is 23.8 Å². The van der Waals surface area contributed by atoms with Gasteiger partial charge < -0.3 is 20.1 Å². The number of likely N-dealkylation sites (tertiary alicyclic amines) is 1. The molecule has 1 heterocycles. The van der Waals surface area contributed by atoms with Crippen molar-refractivity contribution in [2.45, 2.75) is 25.8 Å². The quantitative estimate of drug-likeness (QED) is 0.891. The van der Waals surface area contributed by atoms with Crippen LogP contribution in [0, 0.1) is 11.7 Å². The summed E-state index contributed by atoms with van der Waals surface area (Å²) in [5.41, 5.74) is 0.535. The lowest BCUT2D eigenvalue weighted by Crippen LogP contribution is -2.47. The molecule has 2 N–H and O–H groups in total. The number of carbonyl (C=O) groups is 2. The Kier molecular flexibility index (Phi) is 5.41. The SMILES string of the molecule is COc1ccc(F)cc1C(C)NC(=O)N1CCCC(C(=O)O)C1. The van der Waals surface area contributed by atoms with Gasteiger partial charge >= 0.3 is 12.0 Å². The van der Waals surface area contributed by atoms with Gasteiger partial charge in [0.1, 0.15) is 11.6 Å². The number of aliphatic carboxylic acids is 1. The number of hydrogen-bond acceptors (Lipinski definition) is 3. The average Bonchev–Trinajstić information content (AvgIpc) is 2.54. The fraction of sp³-hybridized carbons (Fsp3) is 0.500. The highest BCUT2D eigenvalue weighted by atomic mass is 19.1. The number of benzene rings is 1. The van der Waals surface area contributed by atoms with E-state index in [2.05, 4.69) is 5.32 Å². The van der Waals surface area contributed by atoms with Crippen molar-refractivity contribution in [2.24, 2.45) is 5.92 Å². The highest BCUT2D eigenvalue weighted by molar-refractivity contribution is 5.77. The molecule has 7 heteroatoms. The zero-order valence-corrected chi connectivity index (χ0v) is 13.2. The number of nitrogens with one attached hydrogen (secondary N) is 1. The summed E-state index contributed by atoms with van der Waals surface area (Å²) < 4.78 is 18.6. The Labute approximate surface area is 134 Å². The summed E-state index contributed by atoms with van der Waals surface area (Å²) in [6.45, 7) is 2.44. The fourth-order valence-corrected chi connectivity index (χ4v) is 2.76. The van der Waals surface area contributed by atoms with Crippen molar-refractivity contribution in [3.05, 3.63) is 29.6 Å². The van der Waals surface area contributed by atoms with Crippen LogP contribution in [0.2, 0.25) is 0 Å². The molecule has 0 radical (unpaired) electrons. The number of nitrogens with zero attached hydrogens (tertiary/aromatic N) is 1. The zero-order valence-electron chi connectivity index (χ0n) is 13.2. The number of amides is 2. The molecule has 0 saturated carbocycles. The van der Waals surface area contributed by atoms with E-state index in [0.29, 0.717) is 30.7 Å². The molecule has 2 unspecified atom stereocenters. The number of hydrogen-bond donors (Lipinski definition) is 2. The number of carboxylic acids is 1. The molecule has 6 nitrogen and oxygen atoms in total. The third-order valence-electron chi connectivity index (χ3n) is 4.06. The van der Waals surface area contributed by atoms with Gasteiger partial charge in [-0.2, -0.15) is 0 Å². The summed E-state index contributed by atoms with van der Waals surface area (Å²) in [5.74, 6) is -1.34. The first-order valence-electron chi connectivity index (χ1n) is 7.54. The van der Waals surface area contributed by atoms with Crippen molar-refractivity contribution >= 4 is 12.0 Å². The number of rotatable bonds is 4. The minimum absolute atomic E-state index is 0.189. The van der Waals surface area contributed by atoms with E-state index in [1.54, 1.807) is 6.92 Å². The van der Waals surface area contributed by atoms with Crippen molar-refractivity contribution in [1.82, 2.24) is 10.2 Å². The van der Waals surface area contributed by atoms with E-state index in [1.165, 1.54) is 30.2 Å². The van der Waals surface area contributed by atoms with Gasteiger partial charge in [0.2, 0.25) is 0 Å². The van der Waals surface area contributed by atoms with Crippen LogP contribution >= 0.6 is 0 Å². The van der Waals surface area contributed by atoms with Crippen LogP contribution in [0.15, 0.2) is 18.2 Å². The van der Waals surface area contributed by atoms with E-state index in [4.69, 9.17) is 9.84 Å². The molecule has 0 bridgehead atoms. The van der Waals surface area contributed by atoms with Gasteiger partial charge in [-0.3, -0.25) is 4.79 Å². The summed E-state index contributed by atoms with van der Waals surface area (Å²) >= 11 is 0. The number of methoxy groups -OCH3 is 1. The number of urea groups is 1. The minimum atomic E-state index is -0.887. The van der Waals surface area contributed by atoms with Crippen LogP contribution in [0.4, 0.5) is 9.18 Å². The van der Waals surface area contributed by atoms with Gasteiger partial charge in [0.05, 0.1) is 19.1 Å². The molecule has 23 heavy (non-hydrogen) atoms. The molecule has 1 saturated heterocycles. The molecular weight excluding hydrogens is 303 g/mol. The molecule has 1 fully saturated rings. The Morgan fingerprint density at radius 3 is 2.87 bits per heavy atom. The first-order valence-corrected chi connectivity index (χ1v) is 7.54. The second-order valence-electron chi connectivity index (χ2n) is 5.68. The van der Waals surface area contributed by atoms with E-state index >= 15 is 0 Å². The Morgan fingerprint density at radius 2 is 2.22 bits per heavy atom. The van der Waals surface area contributed by atoms with Gasteiger partial charge in [0, 0.05) is 18.7 Å². The van der Waals surface area contributed by atoms with E-state index in [1.807, 2.05) is 0 Å². The normalized spacial score (nSPS) is 19.1. The largest absolute Gasteiger partial charge is 0.496 e. The van der Waals surface area contributed by atoms with Crippen LogP contribution in [0.3, 0.4) is 0 Å². The second kappa shape index (κ2) is 7.30. The number of piperidine rings is 1. The van der Waals surface area contributed by atoms with Crippen molar-refractivity contribution in [3.63, 3.8) is 0 Å². The predicted molar refractivity (Wildman–Crippen MR) is 81.8 cm³/mol. The van der Waals surface area contributed by atoms with Crippen molar-refractivity contribution in [3.8, 4) is 5.75 Å². The first kappa shape index (κ1) is 17.1. The molecule has 0 spiro atoms. The molecule has 1 aliphatic heterocycles. The maximum Gasteiger partial charge on any atom is 0.317 e. The molecule has 0 aromatic heterocycles. The molecule has 1 aromatic carbocycles. The summed E-state index contributed by atoms with van der Waals surface area (Å²) in [4.78, 5) is 24.9. The Morgan fingerprint density at radius 1 is 1.48 bits per heavy atom. The summed E-state index contributed by atoms with van der Waals surface area (Å²) in [6.07, 6.45) is 1.23. The highest BCUT2D eigenvalue weighted by Crippen LogP contribution is 2.26. The highest BCUT2D eigenvalue weighted by Gasteiger charge is 2.29. The maximum absolute atomic E-state index is 13.4. The van der Waals surface area contributed by atoms with E-state index in [-0.39, 0.29) is 12.6 Å². The van der Waals surface area contributed by atoms with Gasteiger partial charge in [-0.15, -0.1) is 0 Å². The molecule has 2 amide bonds. The Bertz CT molecular complexity index is 593. The van der Waals surface area contributed by atoms with E-state index in [9.17, 15) is 14.0 Å². The average molecular weight is 324 g/mol. The van der Waals surface area contributed by atoms with Crippen LogP contribution in [0.5, 0.6) is 5.75 Å². The summed E-state index contributed by atoms with van der Waals surface area (Å²) in [6, 6.07) is 3.31. The summed E-state index contributed by atoms with van der Waals surface area (Å²) in [5, 5.41) is 11.9. The van der Waals surface area contributed by atoms with Crippen LogP contribution in [0.1, 0.15) is 31.4 Å². The van der Waals surface area contributed by atoms with Crippen LogP contribution < -0.4 is 10.1 Å². The lowest BCUT2D eigenvalue weighted by Gasteiger charge is -2.32. The lowest BCUT2D eigenvalue weighted by atomic mass is 9.98. The number of carboxylic acid groups (broad SMARTS) is 1. The predicted octanol–water partition coefficient (Wildman–Crippen LogP) is 2.40. The second-order valence-corrected chi connectivity index (χ2v) is 5.68. The first-order chi connectivity index (χ1) is 10.9. The monoisotopic (exact) mass is 324 g/mol. The smallest absolute Gasteiger partial charge is 0.317 e. The fourth-order valence-electron chi connectivity index (χ4n) is 2.76. The molecular formula is C16H21FN2O4.